The predicted molar refractivity (Wildman–Crippen MR) is 59.9 cm³/mol. The van der Waals surface area contributed by atoms with Gasteiger partial charge in [-0.15, -0.1) is 0 Å². The largest absolute Gasteiger partial charge is 0.0654 e. The first kappa shape index (κ1) is 11.1. The van der Waals surface area contributed by atoms with Gasteiger partial charge >= 0.3 is 0 Å². The minimum atomic E-state index is 0.621. The van der Waals surface area contributed by atoms with E-state index in [9.17, 15) is 0 Å². The predicted octanol–water partition coefficient (Wildman–Crippen LogP) is 4.78. The SMILES string of the molecule is CCCCC(C)(C)C1CCCCC1. The molecular formula is C13H26. The molecule has 0 bridgehead atoms. The van der Waals surface area contributed by atoms with E-state index in [1.54, 1.807) is 0 Å². The monoisotopic (exact) mass is 182 g/mol. The number of unbranched alkanes of at least 4 members (excludes halogenated alkanes) is 1. The molecule has 0 amide bonds. The second-order valence-electron chi connectivity index (χ2n) is 5.43. The van der Waals surface area contributed by atoms with Crippen molar-refractivity contribution in [3.63, 3.8) is 0 Å². The Labute approximate surface area is 84.1 Å². The normalized spacial score (nSPS) is 20.5. The molecular weight excluding hydrogens is 156 g/mol. The molecule has 0 nitrogen and oxygen atoms in total. The number of hydrogen-bond donors (Lipinski definition) is 0. The summed E-state index contributed by atoms with van der Waals surface area (Å²) in [6.45, 7) is 7.27. The zero-order chi connectivity index (χ0) is 9.73. The molecule has 1 aliphatic rings. The molecule has 1 rings (SSSR count). The maximum Gasteiger partial charge on any atom is -0.0326 e. The van der Waals surface area contributed by atoms with Gasteiger partial charge in [0.25, 0.3) is 0 Å². The van der Waals surface area contributed by atoms with Gasteiger partial charge in [-0.25, -0.2) is 0 Å². The van der Waals surface area contributed by atoms with Gasteiger partial charge in [0.1, 0.15) is 0 Å². The Hall–Kier alpha value is 0. The van der Waals surface area contributed by atoms with Crippen molar-refractivity contribution in [2.45, 2.75) is 72.1 Å². The first-order chi connectivity index (χ1) is 6.17. The highest BCUT2D eigenvalue weighted by molar-refractivity contribution is 4.80. The minimum absolute atomic E-state index is 0.621. The molecule has 0 radical (unpaired) electrons. The smallest absolute Gasteiger partial charge is 0.0326 e. The van der Waals surface area contributed by atoms with Gasteiger partial charge in [0, 0.05) is 0 Å². The van der Waals surface area contributed by atoms with Crippen molar-refractivity contribution in [1.29, 1.82) is 0 Å². The summed E-state index contributed by atoms with van der Waals surface area (Å²) in [6, 6.07) is 0. The fraction of sp³-hybridized carbons (Fsp3) is 1.00. The number of rotatable bonds is 4. The van der Waals surface area contributed by atoms with Crippen molar-refractivity contribution in [1.82, 2.24) is 0 Å². The van der Waals surface area contributed by atoms with Crippen molar-refractivity contribution in [3.8, 4) is 0 Å². The Kier molecular flexibility index (Phi) is 4.28. The standard InChI is InChI=1S/C13H26/c1-4-5-11-13(2,3)12-9-7-6-8-10-12/h12H,4-11H2,1-3H3. The van der Waals surface area contributed by atoms with Crippen LogP contribution in [-0.2, 0) is 0 Å². The Balaban J connectivity index is 2.36. The molecule has 0 aromatic rings. The molecule has 0 atom stereocenters. The molecule has 78 valence electrons. The molecule has 0 saturated heterocycles. The average Bonchev–Trinajstić information content (AvgIpc) is 2.16. The lowest BCUT2D eigenvalue weighted by Gasteiger charge is -2.37. The molecule has 1 saturated carbocycles. The highest BCUT2D eigenvalue weighted by Crippen LogP contribution is 2.41. The molecule has 0 aromatic carbocycles. The topological polar surface area (TPSA) is 0 Å². The molecule has 0 spiro atoms. The highest BCUT2D eigenvalue weighted by atomic mass is 14.3. The fourth-order valence-corrected chi connectivity index (χ4v) is 2.72. The first-order valence-electron chi connectivity index (χ1n) is 6.17. The van der Waals surface area contributed by atoms with Gasteiger partial charge in [0.2, 0.25) is 0 Å². The van der Waals surface area contributed by atoms with Crippen LogP contribution in [0.2, 0.25) is 0 Å². The van der Waals surface area contributed by atoms with Crippen molar-refractivity contribution in [2.75, 3.05) is 0 Å². The lowest BCUT2D eigenvalue weighted by Crippen LogP contribution is -2.26. The summed E-state index contributed by atoms with van der Waals surface area (Å²) < 4.78 is 0. The van der Waals surface area contributed by atoms with Crippen LogP contribution in [0.3, 0.4) is 0 Å². The lowest BCUT2D eigenvalue weighted by atomic mass is 9.69. The van der Waals surface area contributed by atoms with Crippen molar-refractivity contribution in [3.05, 3.63) is 0 Å². The van der Waals surface area contributed by atoms with Crippen molar-refractivity contribution < 1.29 is 0 Å². The average molecular weight is 182 g/mol. The van der Waals surface area contributed by atoms with Gasteiger partial charge in [-0.05, 0) is 30.6 Å². The van der Waals surface area contributed by atoms with Gasteiger partial charge < -0.3 is 0 Å². The Morgan fingerprint density at radius 1 is 1.08 bits per heavy atom. The second kappa shape index (κ2) is 5.02. The van der Waals surface area contributed by atoms with Crippen LogP contribution in [-0.4, -0.2) is 0 Å². The molecule has 0 heterocycles. The summed E-state index contributed by atoms with van der Waals surface area (Å²) in [5.41, 5.74) is 0.621. The third kappa shape index (κ3) is 3.32. The zero-order valence-corrected chi connectivity index (χ0v) is 9.73. The summed E-state index contributed by atoms with van der Waals surface area (Å²) in [5, 5.41) is 0. The number of hydrogen-bond acceptors (Lipinski definition) is 0. The molecule has 0 aliphatic heterocycles. The van der Waals surface area contributed by atoms with Gasteiger partial charge in [-0.2, -0.15) is 0 Å². The van der Waals surface area contributed by atoms with Crippen molar-refractivity contribution >= 4 is 0 Å². The highest BCUT2D eigenvalue weighted by Gasteiger charge is 2.29. The third-order valence-electron chi connectivity index (χ3n) is 3.89. The molecule has 1 fully saturated rings. The van der Waals surface area contributed by atoms with Crippen LogP contribution in [0.25, 0.3) is 0 Å². The van der Waals surface area contributed by atoms with E-state index in [0.717, 1.165) is 5.92 Å². The zero-order valence-electron chi connectivity index (χ0n) is 9.73. The van der Waals surface area contributed by atoms with E-state index in [1.165, 1.54) is 51.4 Å². The van der Waals surface area contributed by atoms with E-state index in [2.05, 4.69) is 20.8 Å². The molecule has 0 N–H and O–H groups in total. The maximum atomic E-state index is 2.48. The van der Waals surface area contributed by atoms with E-state index in [4.69, 9.17) is 0 Å². The van der Waals surface area contributed by atoms with E-state index < -0.39 is 0 Å². The van der Waals surface area contributed by atoms with E-state index >= 15 is 0 Å². The third-order valence-corrected chi connectivity index (χ3v) is 3.89. The van der Waals surface area contributed by atoms with Crippen LogP contribution in [0.1, 0.15) is 72.1 Å². The first-order valence-corrected chi connectivity index (χ1v) is 6.17. The minimum Gasteiger partial charge on any atom is -0.0654 e. The molecule has 1 aliphatic carbocycles. The van der Waals surface area contributed by atoms with Crippen LogP contribution >= 0.6 is 0 Å². The Bertz CT molecular complexity index is 129. The van der Waals surface area contributed by atoms with Gasteiger partial charge in [0.05, 0.1) is 0 Å². The maximum absolute atomic E-state index is 2.48. The van der Waals surface area contributed by atoms with E-state index in [0.29, 0.717) is 5.41 Å². The summed E-state index contributed by atoms with van der Waals surface area (Å²) in [6.07, 6.45) is 11.7. The summed E-state index contributed by atoms with van der Waals surface area (Å²) in [5.74, 6) is 1.02. The quantitative estimate of drug-likeness (QED) is 0.587. The van der Waals surface area contributed by atoms with E-state index in [-0.39, 0.29) is 0 Å². The van der Waals surface area contributed by atoms with E-state index in [1.807, 2.05) is 0 Å². The lowest BCUT2D eigenvalue weighted by molar-refractivity contribution is 0.143. The summed E-state index contributed by atoms with van der Waals surface area (Å²) in [7, 11) is 0. The van der Waals surface area contributed by atoms with Crippen LogP contribution in [0.4, 0.5) is 0 Å². The second-order valence-corrected chi connectivity index (χ2v) is 5.43. The van der Waals surface area contributed by atoms with Crippen molar-refractivity contribution in [2.24, 2.45) is 11.3 Å². The summed E-state index contributed by atoms with van der Waals surface area (Å²) in [4.78, 5) is 0. The van der Waals surface area contributed by atoms with Crippen LogP contribution in [0.15, 0.2) is 0 Å². The fourth-order valence-electron chi connectivity index (χ4n) is 2.72. The Morgan fingerprint density at radius 2 is 1.69 bits per heavy atom. The van der Waals surface area contributed by atoms with Gasteiger partial charge in [0.15, 0.2) is 0 Å². The Morgan fingerprint density at radius 3 is 2.23 bits per heavy atom. The van der Waals surface area contributed by atoms with Crippen LogP contribution in [0, 0.1) is 11.3 Å². The van der Waals surface area contributed by atoms with Gasteiger partial charge in [-0.1, -0.05) is 52.9 Å². The van der Waals surface area contributed by atoms with Crippen LogP contribution < -0.4 is 0 Å². The van der Waals surface area contributed by atoms with Gasteiger partial charge in [-0.3, -0.25) is 0 Å². The molecule has 13 heavy (non-hydrogen) atoms. The molecule has 0 aromatic heterocycles. The summed E-state index contributed by atoms with van der Waals surface area (Å²) >= 11 is 0. The van der Waals surface area contributed by atoms with Crippen LogP contribution in [0.5, 0.6) is 0 Å². The molecule has 0 unspecified atom stereocenters. The molecule has 0 heteroatoms.